The molecular formula is C15H30O2Si. The number of carbonyl (C=O) groups excluding carboxylic acids is 1. The number of ether oxygens (including phenoxy) is 1. The first-order chi connectivity index (χ1) is 8.24. The van der Waals surface area contributed by atoms with Gasteiger partial charge in [-0.25, -0.2) is 0 Å². The molecule has 0 aromatic rings. The Morgan fingerprint density at radius 1 is 1.33 bits per heavy atom. The SMILES string of the molecule is CCOC(=O)CC(C)CCC=C(C)C[Si](C)(C)C. The molecule has 1 atom stereocenters. The third-order valence-electron chi connectivity index (χ3n) is 2.78. The van der Waals surface area contributed by atoms with E-state index in [0.717, 1.165) is 12.8 Å². The summed E-state index contributed by atoms with van der Waals surface area (Å²) in [6.07, 6.45) is 5.05. The number of hydrogen-bond acceptors (Lipinski definition) is 2. The van der Waals surface area contributed by atoms with Crippen molar-refractivity contribution >= 4 is 14.0 Å². The summed E-state index contributed by atoms with van der Waals surface area (Å²) in [5.74, 6) is 0.354. The molecule has 0 aromatic heterocycles. The molecule has 0 N–H and O–H groups in total. The van der Waals surface area contributed by atoms with Crippen LogP contribution in [0.4, 0.5) is 0 Å². The van der Waals surface area contributed by atoms with E-state index in [1.54, 1.807) is 0 Å². The molecule has 0 heterocycles. The Bertz CT molecular complexity index is 277. The third-order valence-corrected chi connectivity index (χ3v) is 4.40. The lowest BCUT2D eigenvalue weighted by molar-refractivity contribution is -0.144. The molecule has 0 saturated carbocycles. The van der Waals surface area contributed by atoms with E-state index >= 15 is 0 Å². The monoisotopic (exact) mass is 270 g/mol. The molecule has 3 heteroatoms. The minimum absolute atomic E-state index is 0.0622. The Kier molecular flexibility index (Phi) is 8.24. The van der Waals surface area contributed by atoms with Gasteiger partial charge in [0.2, 0.25) is 0 Å². The molecule has 0 saturated heterocycles. The standard InChI is InChI=1S/C15H30O2Si/c1-7-17-15(16)11-13(2)9-8-10-14(3)12-18(4,5)6/h10,13H,7-9,11-12H2,1-6H3. The molecule has 0 aliphatic heterocycles. The summed E-state index contributed by atoms with van der Waals surface area (Å²) in [4.78, 5) is 11.3. The van der Waals surface area contributed by atoms with Crippen molar-refractivity contribution in [3.63, 3.8) is 0 Å². The van der Waals surface area contributed by atoms with Crippen LogP contribution in [0.2, 0.25) is 25.7 Å². The van der Waals surface area contributed by atoms with E-state index in [9.17, 15) is 4.79 Å². The first-order valence-corrected chi connectivity index (χ1v) is 10.8. The Balaban J connectivity index is 3.89. The fourth-order valence-electron chi connectivity index (χ4n) is 2.13. The van der Waals surface area contributed by atoms with Crippen LogP contribution in [-0.4, -0.2) is 20.7 Å². The van der Waals surface area contributed by atoms with Crippen molar-refractivity contribution in [1.29, 1.82) is 0 Å². The minimum atomic E-state index is -0.977. The highest BCUT2D eigenvalue weighted by Crippen LogP contribution is 2.18. The molecule has 0 amide bonds. The summed E-state index contributed by atoms with van der Waals surface area (Å²) in [7, 11) is -0.977. The maximum absolute atomic E-state index is 11.3. The lowest BCUT2D eigenvalue weighted by atomic mass is 10.0. The van der Waals surface area contributed by atoms with Crippen LogP contribution in [0.25, 0.3) is 0 Å². The van der Waals surface area contributed by atoms with Crippen LogP contribution in [0.1, 0.15) is 40.0 Å². The van der Waals surface area contributed by atoms with Crippen molar-refractivity contribution in [2.24, 2.45) is 5.92 Å². The number of hydrogen-bond donors (Lipinski definition) is 0. The topological polar surface area (TPSA) is 26.3 Å². The zero-order valence-electron chi connectivity index (χ0n) is 13.0. The third kappa shape index (κ3) is 10.6. The van der Waals surface area contributed by atoms with Crippen LogP contribution < -0.4 is 0 Å². The summed E-state index contributed by atoms with van der Waals surface area (Å²) in [5.41, 5.74) is 1.51. The normalized spacial score (nSPS) is 14.4. The van der Waals surface area contributed by atoms with Crippen LogP contribution >= 0.6 is 0 Å². The molecule has 0 radical (unpaired) electrons. The summed E-state index contributed by atoms with van der Waals surface area (Å²) < 4.78 is 4.96. The van der Waals surface area contributed by atoms with Crippen LogP contribution in [0.3, 0.4) is 0 Å². The molecule has 0 aromatic carbocycles. The Labute approximate surface area is 114 Å². The van der Waals surface area contributed by atoms with E-state index in [2.05, 4.69) is 39.6 Å². The van der Waals surface area contributed by atoms with Gasteiger partial charge in [-0.2, -0.15) is 0 Å². The molecule has 0 bridgehead atoms. The fourth-order valence-corrected chi connectivity index (χ4v) is 3.95. The molecule has 0 aliphatic rings. The number of carbonyl (C=O) groups is 1. The van der Waals surface area contributed by atoms with Crippen molar-refractivity contribution in [2.45, 2.75) is 65.7 Å². The number of allylic oxidation sites excluding steroid dienone is 2. The average molecular weight is 270 g/mol. The second kappa shape index (κ2) is 8.52. The van der Waals surface area contributed by atoms with E-state index in [1.165, 1.54) is 11.6 Å². The van der Waals surface area contributed by atoms with Gasteiger partial charge in [-0.1, -0.05) is 38.2 Å². The number of rotatable bonds is 8. The van der Waals surface area contributed by atoms with Crippen LogP contribution in [0, 0.1) is 5.92 Å². The molecule has 18 heavy (non-hydrogen) atoms. The molecule has 106 valence electrons. The molecule has 0 rings (SSSR count). The van der Waals surface area contributed by atoms with Gasteiger partial charge in [-0.15, -0.1) is 0 Å². The lowest BCUT2D eigenvalue weighted by Crippen LogP contribution is -2.19. The van der Waals surface area contributed by atoms with Gasteiger partial charge in [0.15, 0.2) is 0 Å². The van der Waals surface area contributed by atoms with Gasteiger partial charge in [-0.05, 0) is 38.7 Å². The fraction of sp³-hybridized carbons (Fsp3) is 0.800. The maximum atomic E-state index is 11.3. The quantitative estimate of drug-likeness (QED) is 0.365. The second-order valence-corrected chi connectivity index (χ2v) is 12.0. The summed E-state index contributed by atoms with van der Waals surface area (Å²) in [6, 6.07) is 1.28. The zero-order chi connectivity index (χ0) is 14.2. The smallest absolute Gasteiger partial charge is 0.306 e. The summed E-state index contributed by atoms with van der Waals surface area (Å²) >= 11 is 0. The van der Waals surface area contributed by atoms with E-state index in [4.69, 9.17) is 4.74 Å². The molecule has 2 nitrogen and oxygen atoms in total. The molecule has 1 unspecified atom stereocenters. The van der Waals surface area contributed by atoms with Crippen molar-refractivity contribution in [1.82, 2.24) is 0 Å². The molecule has 0 aliphatic carbocycles. The Morgan fingerprint density at radius 2 is 1.94 bits per heavy atom. The van der Waals surface area contributed by atoms with Gasteiger partial charge in [0.05, 0.1) is 6.61 Å². The zero-order valence-corrected chi connectivity index (χ0v) is 14.0. The predicted octanol–water partition coefficient (Wildman–Crippen LogP) is 4.64. The predicted molar refractivity (Wildman–Crippen MR) is 81.6 cm³/mol. The molecule has 0 fully saturated rings. The van der Waals surface area contributed by atoms with Gasteiger partial charge in [0.25, 0.3) is 0 Å². The molecular weight excluding hydrogens is 240 g/mol. The second-order valence-electron chi connectivity index (χ2n) is 6.48. The first-order valence-electron chi connectivity index (χ1n) is 7.06. The largest absolute Gasteiger partial charge is 0.466 e. The highest BCUT2D eigenvalue weighted by molar-refractivity contribution is 6.76. The van der Waals surface area contributed by atoms with Gasteiger partial charge < -0.3 is 4.74 Å². The van der Waals surface area contributed by atoms with E-state index < -0.39 is 8.07 Å². The van der Waals surface area contributed by atoms with Gasteiger partial charge in [0, 0.05) is 14.5 Å². The van der Waals surface area contributed by atoms with Crippen molar-refractivity contribution < 1.29 is 9.53 Å². The number of esters is 1. The van der Waals surface area contributed by atoms with Crippen molar-refractivity contribution in [2.75, 3.05) is 6.61 Å². The van der Waals surface area contributed by atoms with Crippen LogP contribution in [0.15, 0.2) is 11.6 Å². The first kappa shape index (κ1) is 17.4. The van der Waals surface area contributed by atoms with Crippen molar-refractivity contribution in [3.8, 4) is 0 Å². The van der Waals surface area contributed by atoms with Gasteiger partial charge in [-0.3, -0.25) is 4.79 Å². The molecule has 0 spiro atoms. The summed E-state index contributed by atoms with van der Waals surface area (Å²) in [5, 5.41) is 0. The van der Waals surface area contributed by atoms with Crippen LogP contribution in [0.5, 0.6) is 0 Å². The highest BCUT2D eigenvalue weighted by Gasteiger charge is 2.13. The van der Waals surface area contributed by atoms with Gasteiger partial charge >= 0.3 is 5.97 Å². The summed E-state index contributed by atoms with van der Waals surface area (Å²) in [6.45, 7) is 13.9. The van der Waals surface area contributed by atoms with Crippen LogP contribution in [-0.2, 0) is 9.53 Å². The van der Waals surface area contributed by atoms with E-state index in [1.807, 2.05) is 6.92 Å². The Hall–Kier alpha value is -0.573. The average Bonchev–Trinajstić information content (AvgIpc) is 2.14. The van der Waals surface area contributed by atoms with E-state index in [0.29, 0.717) is 18.9 Å². The highest BCUT2D eigenvalue weighted by atomic mass is 28.3. The minimum Gasteiger partial charge on any atom is -0.466 e. The van der Waals surface area contributed by atoms with Gasteiger partial charge in [0.1, 0.15) is 0 Å². The Morgan fingerprint density at radius 3 is 2.44 bits per heavy atom. The van der Waals surface area contributed by atoms with E-state index in [-0.39, 0.29) is 5.97 Å². The lowest BCUT2D eigenvalue weighted by Gasteiger charge is -2.16. The van der Waals surface area contributed by atoms with Crippen molar-refractivity contribution in [3.05, 3.63) is 11.6 Å². The maximum Gasteiger partial charge on any atom is 0.306 e.